The predicted octanol–water partition coefficient (Wildman–Crippen LogP) is 2.14. The molecule has 0 atom stereocenters. The highest BCUT2D eigenvalue weighted by atomic mass is 16.2. The lowest BCUT2D eigenvalue weighted by molar-refractivity contribution is -0.122. The maximum Gasteiger partial charge on any atom is 0.267 e. The minimum absolute atomic E-state index is 0.0474. The Labute approximate surface area is 140 Å². The van der Waals surface area contributed by atoms with Gasteiger partial charge >= 0.3 is 0 Å². The van der Waals surface area contributed by atoms with Gasteiger partial charge in [0.15, 0.2) is 0 Å². The van der Waals surface area contributed by atoms with E-state index in [9.17, 15) is 9.59 Å². The minimum atomic E-state index is -0.274. The van der Waals surface area contributed by atoms with Gasteiger partial charge in [0.2, 0.25) is 5.91 Å². The maximum absolute atomic E-state index is 12.3. The van der Waals surface area contributed by atoms with Crippen molar-refractivity contribution in [2.24, 2.45) is 0 Å². The van der Waals surface area contributed by atoms with Crippen LogP contribution in [0.15, 0.2) is 41.5 Å². The van der Waals surface area contributed by atoms with Crippen LogP contribution in [0, 0.1) is 0 Å². The van der Waals surface area contributed by atoms with Crippen molar-refractivity contribution in [2.45, 2.75) is 51.1 Å². The molecule has 6 heteroatoms. The molecule has 24 heavy (non-hydrogen) atoms. The summed E-state index contributed by atoms with van der Waals surface area (Å²) in [5.41, 5.74) is 1.24. The lowest BCUT2D eigenvalue weighted by atomic mass is 10.1. The topological polar surface area (TPSA) is 76.9 Å². The zero-order chi connectivity index (χ0) is 16.8. The van der Waals surface area contributed by atoms with E-state index in [-0.39, 0.29) is 24.1 Å². The molecule has 0 radical (unpaired) electrons. The maximum atomic E-state index is 12.3. The molecular formula is C18H22N4O2. The molecule has 126 valence electrons. The Morgan fingerprint density at radius 1 is 1.08 bits per heavy atom. The molecule has 1 amide bonds. The lowest BCUT2D eigenvalue weighted by Gasteiger charge is -2.16. The molecule has 1 N–H and O–H groups in total. The molecule has 0 bridgehead atoms. The molecule has 0 aromatic carbocycles. The summed E-state index contributed by atoms with van der Waals surface area (Å²) in [6.07, 6.45) is 10.2. The summed E-state index contributed by atoms with van der Waals surface area (Å²) in [5, 5.41) is 7.35. The van der Waals surface area contributed by atoms with E-state index in [1.54, 1.807) is 18.5 Å². The molecular weight excluding hydrogens is 304 g/mol. The molecule has 2 heterocycles. The first-order chi connectivity index (χ1) is 11.7. The second-order valence-corrected chi connectivity index (χ2v) is 6.21. The Kier molecular flexibility index (Phi) is 5.36. The van der Waals surface area contributed by atoms with Gasteiger partial charge in [-0.2, -0.15) is 5.10 Å². The largest absolute Gasteiger partial charge is 0.352 e. The van der Waals surface area contributed by atoms with Crippen LogP contribution in [-0.2, 0) is 11.3 Å². The number of aromatic nitrogens is 3. The molecule has 0 saturated heterocycles. The summed E-state index contributed by atoms with van der Waals surface area (Å²) in [6.45, 7) is -0.0474. The molecule has 2 aromatic heterocycles. The van der Waals surface area contributed by atoms with E-state index in [1.165, 1.54) is 23.6 Å². The van der Waals surface area contributed by atoms with Gasteiger partial charge in [-0.1, -0.05) is 25.7 Å². The van der Waals surface area contributed by atoms with Gasteiger partial charge in [-0.3, -0.25) is 14.6 Å². The Morgan fingerprint density at radius 3 is 2.50 bits per heavy atom. The van der Waals surface area contributed by atoms with Crippen LogP contribution in [-0.4, -0.2) is 26.7 Å². The van der Waals surface area contributed by atoms with Crippen molar-refractivity contribution in [3.05, 3.63) is 47.0 Å². The van der Waals surface area contributed by atoms with Gasteiger partial charge < -0.3 is 5.32 Å². The summed E-state index contributed by atoms with van der Waals surface area (Å²) in [5.74, 6) is -0.150. The van der Waals surface area contributed by atoms with Crippen molar-refractivity contribution in [3.8, 4) is 11.3 Å². The van der Waals surface area contributed by atoms with E-state index in [1.807, 2.05) is 12.1 Å². The normalized spacial score (nSPS) is 15.7. The fourth-order valence-corrected chi connectivity index (χ4v) is 3.07. The number of carbonyl (C=O) groups is 1. The average Bonchev–Trinajstić information content (AvgIpc) is 2.86. The van der Waals surface area contributed by atoms with E-state index < -0.39 is 0 Å². The predicted molar refractivity (Wildman–Crippen MR) is 91.4 cm³/mol. The fourth-order valence-electron chi connectivity index (χ4n) is 3.07. The number of rotatable bonds is 4. The Hall–Kier alpha value is -2.50. The van der Waals surface area contributed by atoms with E-state index in [2.05, 4.69) is 15.4 Å². The molecule has 6 nitrogen and oxygen atoms in total. The van der Waals surface area contributed by atoms with Crippen LogP contribution >= 0.6 is 0 Å². The highest BCUT2D eigenvalue weighted by Gasteiger charge is 2.15. The molecule has 2 aromatic rings. The molecule has 3 rings (SSSR count). The smallest absolute Gasteiger partial charge is 0.267 e. The van der Waals surface area contributed by atoms with Crippen LogP contribution < -0.4 is 10.9 Å². The number of hydrogen-bond donors (Lipinski definition) is 1. The average molecular weight is 326 g/mol. The van der Waals surface area contributed by atoms with Crippen LogP contribution in [0.2, 0.25) is 0 Å². The van der Waals surface area contributed by atoms with Crippen molar-refractivity contribution >= 4 is 5.91 Å². The highest BCUT2D eigenvalue weighted by Crippen LogP contribution is 2.17. The van der Waals surface area contributed by atoms with Crippen molar-refractivity contribution in [2.75, 3.05) is 0 Å². The molecule has 0 aliphatic heterocycles. The molecule has 0 spiro atoms. The number of amides is 1. The van der Waals surface area contributed by atoms with Crippen molar-refractivity contribution < 1.29 is 4.79 Å². The number of nitrogens with one attached hydrogen (secondary N) is 1. The summed E-state index contributed by atoms with van der Waals surface area (Å²) in [6, 6.07) is 6.98. The van der Waals surface area contributed by atoms with Crippen molar-refractivity contribution in [1.29, 1.82) is 0 Å². The molecule has 1 aliphatic rings. The van der Waals surface area contributed by atoms with Gasteiger partial charge in [0.05, 0.1) is 5.69 Å². The Balaban J connectivity index is 1.70. The Morgan fingerprint density at radius 2 is 1.79 bits per heavy atom. The third-order valence-electron chi connectivity index (χ3n) is 4.36. The van der Waals surface area contributed by atoms with E-state index in [0.29, 0.717) is 5.69 Å². The standard InChI is InChI=1S/C18H22N4O2/c23-17(20-15-5-3-1-2-4-6-15)13-22-18(24)8-7-16(21-22)14-9-11-19-12-10-14/h7-12,15H,1-6,13H2,(H,20,23). The van der Waals surface area contributed by atoms with Crippen LogP contribution in [0.5, 0.6) is 0 Å². The first-order valence-corrected chi connectivity index (χ1v) is 8.50. The van der Waals surface area contributed by atoms with Gasteiger partial charge in [-0.05, 0) is 31.0 Å². The monoisotopic (exact) mass is 326 g/mol. The molecule has 1 saturated carbocycles. The molecule has 1 fully saturated rings. The third kappa shape index (κ3) is 4.28. The zero-order valence-corrected chi connectivity index (χ0v) is 13.6. The van der Waals surface area contributed by atoms with Gasteiger partial charge in [0, 0.05) is 30.1 Å². The molecule has 0 unspecified atom stereocenters. The second kappa shape index (κ2) is 7.86. The van der Waals surface area contributed by atoms with Gasteiger partial charge in [-0.25, -0.2) is 4.68 Å². The number of hydrogen-bond acceptors (Lipinski definition) is 4. The third-order valence-corrected chi connectivity index (χ3v) is 4.36. The van der Waals surface area contributed by atoms with Gasteiger partial charge in [-0.15, -0.1) is 0 Å². The number of nitrogens with zero attached hydrogens (tertiary/aromatic N) is 3. The van der Waals surface area contributed by atoms with Crippen LogP contribution in [0.25, 0.3) is 11.3 Å². The van der Waals surface area contributed by atoms with Crippen molar-refractivity contribution in [3.63, 3.8) is 0 Å². The van der Waals surface area contributed by atoms with Crippen LogP contribution in [0.3, 0.4) is 0 Å². The van der Waals surface area contributed by atoms with E-state index in [4.69, 9.17) is 0 Å². The lowest BCUT2D eigenvalue weighted by Crippen LogP contribution is -2.39. The van der Waals surface area contributed by atoms with E-state index >= 15 is 0 Å². The van der Waals surface area contributed by atoms with Crippen LogP contribution in [0.1, 0.15) is 38.5 Å². The summed E-state index contributed by atoms with van der Waals surface area (Å²) >= 11 is 0. The Bertz CT molecular complexity index is 734. The van der Waals surface area contributed by atoms with Gasteiger partial charge in [0.25, 0.3) is 5.56 Å². The van der Waals surface area contributed by atoms with E-state index in [0.717, 1.165) is 31.2 Å². The minimum Gasteiger partial charge on any atom is -0.352 e. The summed E-state index contributed by atoms with van der Waals surface area (Å²) < 4.78 is 1.22. The highest BCUT2D eigenvalue weighted by molar-refractivity contribution is 5.76. The molecule has 1 aliphatic carbocycles. The van der Waals surface area contributed by atoms with Crippen LogP contribution in [0.4, 0.5) is 0 Å². The summed E-state index contributed by atoms with van der Waals surface area (Å²) in [4.78, 5) is 28.2. The van der Waals surface area contributed by atoms with Gasteiger partial charge in [0.1, 0.15) is 6.54 Å². The SMILES string of the molecule is O=C(Cn1nc(-c2ccncc2)ccc1=O)NC1CCCCCC1. The first-order valence-electron chi connectivity index (χ1n) is 8.50. The second-order valence-electron chi connectivity index (χ2n) is 6.21. The zero-order valence-electron chi connectivity index (χ0n) is 13.6. The first kappa shape index (κ1) is 16.4. The number of pyridine rings is 1. The fraction of sp³-hybridized carbons (Fsp3) is 0.444. The number of carbonyl (C=O) groups excluding carboxylic acids is 1. The quantitative estimate of drug-likeness (QED) is 0.873. The summed E-state index contributed by atoms with van der Waals surface area (Å²) in [7, 11) is 0. The van der Waals surface area contributed by atoms with Crippen molar-refractivity contribution in [1.82, 2.24) is 20.1 Å².